The molecule has 6 nitrogen and oxygen atoms in total. The van der Waals surface area contributed by atoms with Crippen LogP contribution in [-0.4, -0.2) is 41.6 Å². The number of aryl methyl sites for hydroxylation is 1. The molecule has 0 atom stereocenters. The van der Waals surface area contributed by atoms with Crippen LogP contribution in [0, 0.1) is 6.92 Å². The van der Waals surface area contributed by atoms with Gasteiger partial charge < -0.3 is 14.2 Å². The van der Waals surface area contributed by atoms with E-state index in [1.165, 1.54) is 12.8 Å². The largest absolute Gasteiger partial charge is 0.377 e. The number of halogens is 1. The van der Waals surface area contributed by atoms with Crippen molar-refractivity contribution in [2.75, 3.05) is 31.3 Å². The number of hydrogen-bond donors (Lipinski definition) is 0. The third-order valence-electron chi connectivity index (χ3n) is 4.45. The molecule has 136 valence electrons. The van der Waals surface area contributed by atoms with Gasteiger partial charge >= 0.3 is 0 Å². The summed E-state index contributed by atoms with van der Waals surface area (Å²) in [7, 11) is 0. The molecule has 25 heavy (non-hydrogen) atoms. The summed E-state index contributed by atoms with van der Waals surface area (Å²) in [6.45, 7) is 3.11. The zero-order valence-electron chi connectivity index (χ0n) is 14.7. The summed E-state index contributed by atoms with van der Waals surface area (Å²) < 4.78 is 22.9. The van der Waals surface area contributed by atoms with E-state index in [2.05, 4.69) is 15.0 Å². The Bertz CT molecular complexity index is 658. The first kappa shape index (κ1) is 17.8. The van der Waals surface area contributed by atoms with Gasteiger partial charge in [0, 0.05) is 24.7 Å². The Labute approximate surface area is 147 Å². The van der Waals surface area contributed by atoms with Crippen molar-refractivity contribution in [3.05, 3.63) is 35.6 Å². The Kier molecular flexibility index (Phi) is 6.33. The van der Waals surface area contributed by atoms with E-state index >= 15 is 0 Å². The molecule has 7 heteroatoms. The highest BCUT2D eigenvalue weighted by Crippen LogP contribution is 2.32. The molecule has 0 N–H and O–H groups in total. The van der Waals surface area contributed by atoms with Gasteiger partial charge in [-0.25, -0.2) is 14.4 Å². The number of alkyl halides is 1. The zero-order valence-corrected chi connectivity index (χ0v) is 14.7. The molecule has 2 aromatic heterocycles. The first-order chi connectivity index (χ1) is 12.3. The van der Waals surface area contributed by atoms with Gasteiger partial charge in [0.05, 0.1) is 25.5 Å². The Morgan fingerprint density at radius 2 is 2.16 bits per heavy atom. The first-order valence-corrected chi connectivity index (χ1v) is 8.90. The van der Waals surface area contributed by atoms with E-state index in [0.717, 1.165) is 35.9 Å². The quantitative estimate of drug-likeness (QED) is 0.647. The maximum Gasteiger partial charge on any atom is 0.156 e. The summed E-state index contributed by atoms with van der Waals surface area (Å²) in [6, 6.07) is 3.81. The third kappa shape index (κ3) is 4.98. The number of aromatic nitrogens is 3. The molecule has 0 spiro atoms. The van der Waals surface area contributed by atoms with Crippen molar-refractivity contribution in [2.45, 2.75) is 45.1 Å². The summed E-state index contributed by atoms with van der Waals surface area (Å²) in [5.41, 5.74) is 0.845. The Morgan fingerprint density at radius 1 is 1.32 bits per heavy atom. The molecule has 2 aromatic rings. The SMILES string of the molecule is Cc1cc(CN(CCOCCF)c2ccnc(C3CCCC3)n2)on1. The lowest BCUT2D eigenvalue weighted by atomic mass is 10.1. The van der Waals surface area contributed by atoms with Crippen LogP contribution in [0.5, 0.6) is 0 Å². The lowest BCUT2D eigenvalue weighted by Gasteiger charge is -2.23. The number of ether oxygens (including phenoxy) is 1. The van der Waals surface area contributed by atoms with E-state index in [0.29, 0.717) is 25.6 Å². The van der Waals surface area contributed by atoms with E-state index in [4.69, 9.17) is 14.2 Å². The summed E-state index contributed by atoms with van der Waals surface area (Å²) >= 11 is 0. The summed E-state index contributed by atoms with van der Waals surface area (Å²) in [5, 5.41) is 3.94. The van der Waals surface area contributed by atoms with Crippen LogP contribution in [0.15, 0.2) is 22.9 Å². The fourth-order valence-electron chi connectivity index (χ4n) is 3.21. The van der Waals surface area contributed by atoms with Crippen LogP contribution in [0.3, 0.4) is 0 Å². The predicted octanol–water partition coefficient (Wildman–Crippen LogP) is 3.42. The second-order valence-corrected chi connectivity index (χ2v) is 6.41. The second kappa shape index (κ2) is 8.89. The minimum atomic E-state index is -0.472. The molecule has 0 bridgehead atoms. The maximum atomic E-state index is 12.2. The van der Waals surface area contributed by atoms with Gasteiger partial charge in [-0.3, -0.25) is 0 Å². The van der Waals surface area contributed by atoms with Gasteiger partial charge in [-0.05, 0) is 25.8 Å². The molecule has 0 saturated heterocycles. The van der Waals surface area contributed by atoms with Crippen LogP contribution >= 0.6 is 0 Å². The molecule has 0 unspecified atom stereocenters. The van der Waals surface area contributed by atoms with Gasteiger partial charge in [-0.15, -0.1) is 0 Å². The molecule has 1 saturated carbocycles. The molecule has 1 aliphatic carbocycles. The topological polar surface area (TPSA) is 64.3 Å². The van der Waals surface area contributed by atoms with Crippen molar-refractivity contribution < 1.29 is 13.7 Å². The smallest absolute Gasteiger partial charge is 0.156 e. The Balaban J connectivity index is 1.73. The molecule has 0 aliphatic heterocycles. The predicted molar refractivity (Wildman–Crippen MR) is 92.3 cm³/mol. The molecule has 1 fully saturated rings. The highest BCUT2D eigenvalue weighted by Gasteiger charge is 2.21. The highest BCUT2D eigenvalue weighted by atomic mass is 19.1. The van der Waals surface area contributed by atoms with Crippen LogP contribution in [0.1, 0.15) is 48.9 Å². The minimum absolute atomic E-state index is 0.117. The summed E-state index contributed by atoms with van der Waals surface area (Å²) in [5.74, 6) is 2.98. The second-order valence-electron chi connectivity index (χ2n) is 6.41. The van der Waals surface area contributed by atoms with Crippen molar-refractivity contribution in [1.82, 2.24) is 15.1 Å². The van der Waals surface area contributed by atoms with Crippen LogP contribution in [-0.2, 0) is 11.3 Å². The monoisotopic (exact) mass is 348 g/mol. The lowest BCUT2D eigenvalue weighted by Crippen LogP contribution is -2.28. The standard InChI is InChI=1S/C18H25FN4O2/c1-14-12-16(25-22-14)13-23(9-11-24-10-7-19)17-6-8-20-18(21-17)15-4-2-3-5-15/h6,8,12,15H,2-5,7,9-11,13H2,1H3. The molecular weight excluding hydrogens is 323 g/mol. The van der Waals surface area contributed by atoms with Crippen LogP contribution in [0.2, 0.25) is 0 Å². The molecule has 1 aliphatic rings. The molecular formula is C18H25FN4O2. The molecule has 3 rings (SSSR count). The van der Waals surface area contributed by atoms with Crippen molar-refractivity contribution in [3.63, 3.8) is 0 Å². The van der Waals surface area contributed by atoms with Gasteiger partial charge in [0.1, 0.15) is 18.3 Å². The molecule has 0 aromatic carbocycles. The van der Waals surface area contributed by atoms with Gasteiger partial charge in [0.25, 0.3) is 0 Å². The van der Waals surface area contributed by atoms with Crippen LogP contribution in [0.4, 0.5) is 10.2 Å². The van der Waals surface area contributed by atoms with Crippen molar-refractivity contribution in [3.8, 4) is 0 Å². The van der Waals surface area contributed by atoms with Gasteiger partial charge in [-0.2, -0.15) is 0 Å². The van der Waals surface area contributed by atoms with Crippen LogP contribution in [0.25, 0.3) is 0 Å². The fraction of sp³-hybridized carbons (Fsp3) is 0.611. The van der Waals surface area contributed by atoms with E-state index < -0.39 is 6.67 Å². The third-order valence-corrected chi connectivity index (χ3v) is 4.45. The van der Waals surface area contributed by atoms with Crippen LogP contribution < -0.4 is 4.90 Å². The summed E-state index contributed by atoms with van der Waals surface area (Å²) in [6.07, 6.45) is 6.62. The van der Waals surface area contributed by atoms with Gasteiger partial charge in [0.15, 0.2) is 5.76 Å². The molecule has 2 heterocycles. The lowest BCUT2D eigenvalue weighted by molar-refractivity contribution is 0.124. The fourth-order valence-corrected chi connectivity index (χ4v) is 3.21. The van der Waals surface area contributed by atoms with E-state index in [-0.39, 0.29) is 6.61 Å². The molecule has 0 amide bonds. The number of rotatable bonds is 9. The average Bonchev–Trinajstić information content (AvgIpc) is 3.30. The van der Waals surface area contributed by atoms with Crippen molar-refractivity contribution >= 4 is 5.82 Å². The van der Waals surface area contributed by atoms with E-state index in [9.17, 15) is 4.39 Å². The highest BCUT2D eigenvalue weighted by molar-refractivity contribution is 5.38. The number of hydrogen-bond acceptors (Lipinski definition) is 6. The number of nitrogens with zero attached hydrogens (tertiary/aromatic N) is 4. The Morgan fingerprint density at radius 3 is 2.88 bits per heavy atom. The van der Waals surface area contributed by atoms with E-state index in [1.54, 1.807) is 0 Å². The van der Waals surface area contributed by atoms with Gasteiger partial charge in [0.2, 0.25) is 0 Å². The Hall–Kier alpha value is -2.02. The normalized spacial score (nSPS) is 15.0. The van der Waals surface area contributed by atoms with Crippen molar-refractivity contribution in [1.29, 1.82) is 0 Å². The van der Waals surface area contributed by atoms with E-state index in [1.807, 2.05) is 25.3 Å². The van der Waals surface area contributed by atoms with Crippen molar-refractivity contribution in [2.24, 2.45) is 0 Å². The summed E-state index contributed by atoms with van der Waals surface area (Å²) in [4.78, 5) is 11.3. The zero-order chi connectivity index (χ0) is 17.5. The number of anilines is 1. The maximum absolute atomic E-state index is 12.2. The minimum Gasteiger partial charge on any atom is -0.377 e. The average molecular weight is 348 g/mol. The van der Waals surface area contributed by atoms with Gasteiger partial charge in [-0.1, -0.05) is 18.0 Å². The first-order valence-electron chi connectivity index (χ1n) is 8.90. The molecule has 0 radical (unpaired) electrons.